The van der Waals surface area contributed by atoms with Gasteiger partial charge in [0.2, 0.25) is 0 Å². The van der Waals surface area contributed by atoms with Crippen molar-refractivity contribution in [3.63, 3.8) is 0 Å². The monoisotopic (exact) mass is 415 g/mol. The van der Waals surface area contributed by atoms with Gasteiger partial charge < -0.3 is 14.4 Å². The maximum atomic E-state index is 12.8. The summed E-state index contributed by atoms with van der Waals surface area (Å²) in [6.07, 6.45) is 4.80. The van der Waals surface area contributed by atoms with E-state index in [9.17, 15) is 22.6 Å². The van der Waals surface area contributed by atoms with Crippen molar-refractivity contribution in [1.82, 2.24) is 4.90 Å². The number of nitrogens with zero attached hydrogens (tertiary/aromatic N) is 1. The molecule has 1 heterocycles. The standard InChI is InChI=1S/C19H29NO7S/c1-20(2)13-6-4-3-5-11(13)15(28(23,24)25)9-26-18(21)16-10-7-12-14(8-10)27-19(22)17(12)16/h10-17H,3-9H2,1-2H3,(H,23,24,25). The van der Waals surface area contributed by atoms with Gasteiger partial charge >= 0.3 is 11.9 Å². The van der Waals surface area contributed by atoms with Gasteiger partial charge in [-0.1, -0.05) is 12.8 Å². The molecule has 1 aliphatic heterocycles. The Hall–Kier alpha value is -1.19. The molecule has 9 heteroatoms. The van der Waals surface area contributed by atoms with Gasteiger partial charge in [-0.3, -0.25) is 14.1 Å². The van der Waals surface area contributed by atoms with E-state index in [1.165, 1.54) is 0 Å². The molecule has 0 aromatic rings. The number of ether oxygens (including phenoxy) is 2. The zero-order valence-corrected chi connectivity index (χ0v) is 17.1. The molecule has 0 aromatic carbocycles. The van der Waals surface area contributed by atoms with Gasteiger partial charge in [0.15, 0.2) is 0 Å². The lowest BCUT2D eigenvalue weighted by molar-refractivity contribution is -0.156. The molecule has 8 unspecified atom stereocenters. The molecule has 158 valence electrons. The average molecular weight is 416 g/mol. The molecule has 3 saturated carbocycles. The average Bonchev–Trinajstić information content (AvgIpc) is 3.23. The van der Waals surface area contributed by atoms with Crippen molar-refractivity contribution < 1.29 is 32.0 Å². The van der Waals surface area contributed by atoms with Crippen molar-refractivity contribution in [1.29, 1.82) is 0 Å². The van der Waals surface area contributed by atoms with Crippen LogP contribution in [-0.4, -0.2) is 67.9 Å². The van der Waals surface area contributed by atoms with Crippen LogP contribution in [0.25, 0.3) is 0 Å². The third kappa shape index (κ3) is 3.35. The number of esters is 2. The third-order valence-electron chi connectivity index (χ3n) is 7.45. The summed E-state index contributed by atoms with van der Waals surface area (Å²) in [4.78, 5) is 26.9. The van der Waals surface area contributed by atoms with E-state index in [1.54, 1.807) is 0 Å². The molecular weight excluding hydrogens is 386 g/mol. The van der Waals surface area contributed by atoms with Gasteiger partial charge in [0.25, 0.3) is 10.1 Å². The third-order valence-corrected chi connectivity index (χ3v) is 8.70. The Morgan fingerprint density at radius 2 is 2.00 bits per heavy atom. The zero-order valence-electron chi connectivity index (χ0n) is 16.3. The SMILES string of the molecule is CN(C)C1CCCCC1C(COC(=O)C1C2CC3OC(=O)C1C3C2)S(=O)(=O)O. The molecule has 1 saturated heterocycles. The molecule has 4 fully saturated rings. The Labute approximate surface area is 165 Å². The molecule has 0 aromatic heterocycles. The quantitative estimate of drug-likeness (QED) is 0.507. The first-order valence-electron chi connectivity index (χ1n) is 10.2. The fourth-order valence-electron chi connectivity index (χ4n) is 6.23. The Bertz CT molecular complexity index is 749. The first-order chi connectivity index (χ1) is 13.2. The molecule has 0 spiro atoms. The van der Waals surface area contributed by atoms with Gasteiger partial charge in [-0.2, -0.15) is 8.42 Å². The molecule has 4 rings (SSSR count). The van der Waals surface area contributed by atoms with Gasteiger partial charge in [0.05, 0.1) is 11.8 Å². The van der Waals surface area contributed by atoms with E-state index < -0.39 is 33.2 Å². The van der Waals surface area contributed by atoms with E-state index in [4.69, 9.17) is 9.47 Å². The minimum Gasteiger partial charge on any atom is -0.464 e. The molecular formula is C19H29NO7S. The largest absolute Gasteiger partial charge is 0.464 e. The van der Waals surface area contributed by atoms with Crippen molar-refractivity contribution >= 4 is 22.1 Å². The van der Waals surface area contributed by atoms with E-state index in [2.05, 4.69) is 0 Å². The van der Waals surface area contributed by atoms with Crippen molar-refractivity contribution in [3.05, 3.63) is 0 Å². The minimum atomic E-state index is -4.38. The topological polar surface area (TPSA) is 110 Å². The predicted octanol–water partition coefficient (Wildman–Crippen LogP) is 1.10. The molecule has 2 bridgehead atoms. The van der Waals surface area contributed by atoms with Crippen LogP contribution in [-0.2, 0) is 29.2 Å². The summed E-state index contributed by atoms with van der Waals surface area (Å²) in [6.45, 7) is -0.369. The molecule has 3 aliphatic carbocycles. The Morgan fingerprint density at radius 3 is 2.68 bits per heavy atom. The van der Waals surface area contributed by atoms with E-state index in [1.807, 2.05) is 19.0 Å². The van der Waals surface area contributed by atoms with Crippen molar-refractivity contribution in [3.8, 4) is 0 Å². The predicted molar refractivity (Wildman–Crippen MR) is 98.8 cm³/mol. The van der Waals surface area contributed by atoms with Crippen LogP contribution in [0.1, 0.15) is 38.5 Å². The highest BCUT2D eigenvalue weighted by Gasteiger charge is 2.64. The van der Waals surface area contributed by atoms with Crippen LogP contribution in [0.15, 0.2) is 0 Å². The summed E-state index contributed by atoms with van der Waals surface area (Å²) in [5.41, 5.74) is 0. The highest BCUT2D eigenvalue weighted by Crippen LogP contribution is 2.58. The van der Waals surface area contributed by atoms with Crippen LogP contribution in [0, 0.1) is 29.6 Å². The Kier molecular flexibility index (Phi) is 5.20. The molecule has 8 nitrogen and oxygen atoms in total. The fourth-order valence-corrected chi connectivity index (χ4v) is 7.23. The van der Waals surface area contributed by atoms with E-state index in [0.717, 1.165) is 25.7 Å². The van der Waals surface area contributed by atoms with Gasteiger partial charge in [0.1, 0.15) is 18.0 Å². The summed E-state index contributed by atoms with van der Waals surface area (Å²) < 4.78 is 44.9. The van der Waals surface area contributed by atoms with Gasteiger partial charge in [-0.05, 0) is 51.6 Å². The second-order valence-corrected chi connectivity index (χ2v) is 10.7. The molecule has 0 radical (unpaired) electrons. The smallest absolute Gasteiger partial charge is 0.310 e. The van der Waals surface area contributed by atoms with E-state index in [-0.39, 0.29) is 42.5 Å². The number of fused-ring (bicyclic) bond motifs is 1. The van der Waals surface area contributed by atoms with Crippen LogP contribution < -0.4 is 0 Å². The lowest BCUT2D eigenvalue weighted by atomic mass is 9.80. The summed E-state index contributed by atoms with van der Waals surface area (Å²) in [6, 6.07) is 0.00689. The molecule has 4 aliphatic rings. The zero-order chi connectivity index (χ0) is 20.2. The lowest BCUT2D eigenvalue weighted by Gasteiger charge is -2.39. The van der Waals surface area contributed by atoms with Crippen molar-refractivity contribution in [2.75, 3.05) is 20.7 Å². The van der Waals surface area contributed by atoms with Crippen LogP contribution in [0.3, 0.4) is 0 Å². The number of carbonyl (C=O) groups is 2. The number of hydrogen-bond acceptors (Lipinski definition) is 7. The van der Waals surface area contributed by atoms with E-state index in [0.29, 0.717) is 12.8 Å². The Balaban J connectivity index is 1.46. The number of hydrogen-bond donors (Lipinski definition) is 1. The maximum absolute atomic E-state index is 12.8. The first kappa shape index (κ1) is 20.1. The molecule has 0 amide bonds. The summed E-state index contributed by atoms with van der Waals surface area (Å²) in [7, 11) is -0.585. The highest BCUT2D eigenvalue weighted by molar-refractivity contribution is 7.86. The normalized spacial score (nSPS) is 40.6. The van der Waals surface area contributed by atoms with E-state index >= 15 is 0 Å². The van der Waals surface area contributed by atoms with Crippen molar-refractivity contribution in [2.24, 2.45) is 29.6 Å². The minimum absolute atomic E-state index is 0.00689. The van der Waals surface area contributed by atoms with Crippen LogP contribution >= 0.6 is 0 Å². The molecule has 8 atom stereocenters. The number of carbonyl (C=O) groups excluding carboxylic acids is 2. The van der Waals surface area contributed by atoms with Gasteiger partial charge in [0, 0.05) is 12.0 Å². The molecule has 28 heavy (non-hydrogen) atoms. The van der Waals surface area contributed by atoms with Crippen LogP contribution in [0.2, 0.25) is 0 Å². The second-order valence-electron chi connectivity index (χ2n) is 9.08. The summed E-state index contributed by atoms with van der Waals surface area (Å²) in [5, 5.41) is -1.15. The first-order valence-corrected chi connectivity index (χ1v) is 11.7. The van der Waals surface area contributed by atoms with Gasteiger partial charge in [-0.15, -0.1) is 0 Å². The van der Waals surface area contributed by atoms with Gasteiger partial charge in [-0.25, -0.2) is 0 Å². The summed E-state index contributed by atoms with van der Waals surface area (Å²) >= 11 is 0. The van der Waals surface area contributed by atoms with Crippen LogP contribution in [0.5, 0.6) is 0 Å². The highest BCUT2D eigenvalue weighted by atomic mass is 32.2. The number of rotatable bonds is 6. The van der Waals surface area contributed by atoms with Crippen LogP contribution in [0.4, 0.5) is 0 Å². The fraction of sp³-hybridized carbons (Fsp3) is 0.895. The van der Waals surface area contributed by atoms with Crippen molar-refractivity contribution in [2.45, 2.75) is 55.9 Å². The Morgan fingerprint density at radius 1 is 1.29 bits per heavy atom. The summed E-state index contributed by atoms with van der Waals surface area (Å²) in [5.74, 6) is -2.01. The maximum Gasteiger partial charge on any atom is 0.310 e. The second kappa shape index (κ2) is 7.25. The lowest BCUT2D eigenvalue weighted by Crippen LogP contribution is -2.48. The molecule has 1 N–H and O–H groups in total.